The van der Waals surface area contributed by atoms with E-state index < -0.39 is 24.2 Å². The van der Waals surface area contributed by atoms with Gasteiger partial charge < -0.3 is 20.0 Å². The number of nitrogens with zero attached hydrogens (tertiary/aromatic N) is 3. The first-order chi connectivity index (χ1) is 22.6. The Morgan fingerprint density at radius 1 is 0.792 bits per heavy atom. The Balaban J connectivity index is 0.00000451. The molecule has 1 saturated heterocycles. The molecule has 1 fully saturated rings. The number of nitrogens with one attached hydrogen (secondary N) is 1. The molecule has 248 valence electrons. The van der Waals surface area contributed by atoms with Gasteiger partial charge in [-0.2, -0.15) is 0 Å². The van der Waals surface area contributed by atoms with Crippen LogP contribution in [-0.4, -0.2) is 73.2 Å². The number of fused-ring (bicyclic) bond motifs is 1. The van der Waals surface area contributed by atoms with Gasteiger partial charge in [-0.05, 0) is 61.5 Å². The average molecular weight is 671 g/mol. The summed E-state index contributed by atoms with van der Waals surface area (Å²) in [6.07, 6.45) is 0.413. The Labute approximate surface area is 285 Å². The summed E-state index contributed by atoms with van der Waals surface area (Å²) >= 11 is 0. The van der Waals surface area contributed by atoms with Crippen LogP contribution in [0.3, 0.4) is 0 Å². The number of likely N-dealkylation sites (N-methyl/N-ethyl adjacent to an activating group) is 1. The SMILES string of the molecule is Cc1cccc(-c2ccccc2C(=O)Nc2ccc(C(=O)N3CCC(F)(F)/C(=C\C(=O)N4CCN(C)CC4)c4ccccc43)cc2)c1.Cl. The number of allylic oxidation sites excluding steroid dienone is 1. The van der Waals surface area contributed by atoms with E-state index in [0.717, 1.165) is 22.8 Å². The largest absolute Gasteiger partial charge is 0.337 e. The second-order valence-corrected chi connectivity index (χ2v) is 12.1. The highest BCUT2D eigenvalue weighted by molar-refractivity contribution is 6.11. The molecular formula is C38H37ClF2N4O3. The Morgan fingerprint density at radius 3 is 2.17 bits per heavy atom. The average Bonchev–Trinajstić information content (AvgIpc) is 3.18. The fraction of sp³-hybridized carbons (Fsp3) is 0.237. The van der Waals surface area contributed by atoms with E-state index in [-0.39, 0.29) is 41.6 Å². The van der Waals surface area contributed by atoms with Crippen molar-refractivity contribution in [2.24, 2.45) is 0 Å². The number of halogens is 3. The summed E-state index contributed by atoms with van der Waals surface area (Å²) in [6.45, 7) is 4.04. The minimum Gasteiger partial charge on any atom is -0.337 e. The molecule has 4 aromatic carbocycles. The summed E-state index contributed by atoms with van der Waals surface area (Å²) in [4.78, 5) is 45.3. The fourth-order valence-corrected chi connectivity index (χ4v) is 6.07. The highest BCUT2D eigenvalue weighted by Crippen LogP contribution is 2.43. The van der Waals surface area contributed by atoms with Gasteiger partial charge in [-0.1, -0.05) is 66.2 Å². The summed E-state index contributed by atoms with van der Waals surface area (Å²) in [5, 5.41) is 2.91. The lowest BCUT2D eigenvalue weighted by Crippen LogP contribution is -2.46. The second-order valence-electron chi connectivity index (χ2n) is 12.1. The molecule has 0 aliphatic carbocycles. The van der Waals surface area contributed by atoms with Crippen molar-refractivity contribution in [1.82, 2.24) is 9.80 Å². The molecule has 2 heterocycles. The molecule has 2 aliphatic rings. The fourth-order valence-electron chi connectivity index (χ4n) is 6.07. The van der Waals surface area contributed by atoms with Crippen molar-refractivity contribution in [2.45, 2.75) is 19.3 Å². The lowest BCUT2D eigenvalue weighted by Gasteiger charge is -2.32. The minimum absolute atomic E-state index is 0. The lowest BCUT2D eigenvalue weighted by atomic mass is 9.96. The number of hydrogen-bond donors (Lipinski definition) is 1. The molecule has 0 radical (unpaired) electrons. The third-order valence-corrected chi connectivity index (χ3v) is 8.75. The molecule has 0 spiro atoms. The van der Waals surface area contributed by atoms with Crippen LogP contribution < -0.4 is 10.2 Å². The number of aryl methyl sites for hydroxylation is 1. The van der Waals surface area contributed by atoms with Crippen LogP contribution in [0, 0.1) is 6.92 Å². The van der Waals surface area contributed by atoms with Crippen molar-refractivity contribution >= 4 is 47.1 Å². The molecule has 10 heteroatoms. The van der Waals surface area contributed by atoms with Gasteiger partial charge in [0.25, 0.3) is 17.7 Å². The predicted molar refractivity (Wildman–Crippen MR) is 188 cm³/mol. The zero-order valence-electron chi connectivity index (χ0n) is 26.8. The van der Waals surface area contributed by atoms with Crippen LogP contribution >= 0.6 is 12.4 Å². The van der Waals surface area contributed by atoms with Crippen molar-refractivity contribution in [2.75, 3.05) is 50.0 Å². The number of amides is 3. The molecule has 48 heavy (non-hydrogen) atoms. The van der Waals surface area contributed by atoms with Crippen molar-refractivity contribution < 1.29 is 23.2 Å². The Morgan fingerprint density at radius 2 is 1.46 bits per heavy atom. The first kappa shape index (κ1) is 34.5. The van der Waals surface area contributed by atoms with E-state index in [1.54, 1.807) is 59.5 Å². The van der Waals surface area contributed by atoms with Gasteiger partial charge in [-0.3, -0.25) is 14.4 Å². The minimum atomic E-state index is -3.32. The predicted octanol–water partition coefficient (Wildman–Crippen LogP) is 7.18. The van der Waals surface area contributed by atoms with Crippen molar-refractivity contribution in [1.29, 1.82) is 0 Å². The van der Waals surface area contributed by atoms with Gasteiger partial charge in [0.2, 0.25) is 5.91 Å². The van der Waals surface area contributed by atoms with Crippen molar-refractivity contribution in [3.63, 3.8) is 0 Å². The van der Waals surface area contributed by atoms with E-state index in [9.17, 15) is 14.4 Å². The third-order valence-electron chi connectivity index (χ3n) is 8.75. The molecule has 0 unspecified atom stereocenters. The number of para-hydroxylation sites is 1. The first-order valence-corrected chi connectivity index (χ1v) is 15.7. The van der Waals surface area contributed by atoms with Gasteiger partial charge in [0.05, 0.1) is 5.69 Å². The van der Waals surface area contributed by atoms with Crippen LogP contribution in [0.25, 0.3) is 16.7 Å². The van der Waals surface area contributed by atoms with E-state index in [0.29, 0.717) is 43.1 Å². The normalized spacial score (nSPS) is 16.8. The molecule has 6 rings (SSSR count). The molecule has 1 N–H and O–H groups in total. The molecule has 0 bridgehead atoms. The molecule has 7 nitrogen and oxygen atoms in total. The van der Waals surface area contributed by atoms with Gasteiger partial charge in [0.1, 0.15) is 0 Å². The van der Waals surface area contributed by atoms with E-state index >= 15 is 8.78 Å². The van der Waals surface area contributed by atoms with Gasteiger partial charge in [-0.25, -0.2) is 8.78 Å². The van der Waals surface area contributed by atoms with Crippen LogP contribution in [0.15, 0.2) is 103 Å². The Kier molecular flexibility index (Phi) is 10.4. The molecule has 4 aromatic rings. The number of carbonyl (C=O) groups excluding carboxylic acids is 3. The van der Waals surface area contributed by atoms with Crippen molar-refractivity contribution in [3.05, 3.63) is 125 Å². The first-order valence-electron chi connectivity index (χ1n) is 15.7. The number of benzene rings is 4. The van der Waals surface area contributed by atoms with Gasteiger partial charge >= 0.3 is 0 Å². The van der Waals surface area contributed by atoms with Crippen LogP contribution in [0.5, 0.6) is 0 Å². The van der Waals surface area contributed by atoms with Gasteiger partial charge in [0.15, 0.2) is 0 Å². The van der Waals surface area contributed by atoms with E-state index in [2.05, 4.69) is 10.2 Å². The standard InChI is InChI=1S/C38H36F2N4O3.ClH/c1-26-8-7-9-28(24-26)30-10-3-4-11-31(30)36(46)41-29-16-14-27(15-17-29)37(47)44-19-18-38(39,40)33(32-12-5-6-13-34(32)44)25-35(45)43-22-20-42(2)21-23-43;/h3-17,24-25H,18-23H2,1-2H3,(H,41,46);1H/b33-25-;. The van der Waals surface area contributed by atoms with Gasteiger partial charge in [-0.15, -0.1) is 12.4 Å². The van der Waals surface area contributed by atoms with E-state index in [4.69, 9.17) is 0 Å². The van der Waals surface area contributed by atoms with E-state index in [1.165, 1.54) is 11.0 Å². The number of hydrogen-bond acceptors (Lipinski definition) is 4. The number of anilines is 2. The van der Waals surface area contributed by atoms with Crippen LogP contribution in [0.1, 0.15) is 38.3 Å². The highest BCUT2D eigenvalue weighted by Gasteiger charge is 2.41. The molecule has 0 aromatic heterocycles. The monoisotopic (exact) mass is 670 g/mol. The smallest absolute Gasteiger partial charge is 0.275 e. The molecule has 0 atom stereocenters. The molecule has 3 amide bonds. The van der Waals surface area contributed by atoms with Crippen LogP contribution in [0.4, 0.5) is 20.2 Å². The maximum Gasteiger partial charge on any atom is 0.275 e. The third kappa shape index (κ3) is 7.32. The van der Waals surface area contributed by atoms with Crippen molar-refractivity contribution in [3.8, 4) is 11.1 Å². The topological polar surface area (TPSA) is 73.0 Å². The number of piperazine rings is 1. The highest BCUT2D eigenvalue weighted by atomic mass is 35.5. The zero-order chi connectivity index (χ0) is 33.1. The number of alkyl halides is 2. The lowest BCUT2D eigenvalue weighted by molar-refractivity contribution is -0.127. The number of rotatable bonds is 5. The second kappa shape index (κ2) is 14.5. The summed E-state index contributed by atoms with van der Waals surface area (Å²) in [6, 6.07) is 28.2. The quantitative estimate of drug-likeness (QED) is 0.229. The summed E-state index contributed by atoms with van der Waals surface area (Å²) < 4.78 is 31.4. The van der Waals surface area contributed by atoms with E-state index in [1.807, 2.05) is 50.4 Å². The zero-order valence-corrected chi connectivity index (χ0v) is 27.6. The molecule has 0 saturated carbocycles. The maximum absolute atomic E-state index is 15.7. The maximum atomic E-state index is 15.7. The summed E-state index contributed by atoms with van der Waals surface area (Å²) in [5.41, 5.74) is 4.19. The summed E-state index contributed by atoms with van der Waals surface area (Å²) in [7, 11) is 1.96. The summed E-state index contributed by atoms with van der Waals surface area (Å²) in [5.74, 6) is -4.53. The van der Waals surface area contributed by atoms with Crippen LogP contribution in [0.2, 0.25) is 0 Å². The molecular weight excluding hydrogens is 634 g/mol. The Bertz CT molecular complexity index is 1850. The van der Waals surface area contributed by atoms with Crippen LogP contribution in [-0.2, 0) is 4.79 Å². The number of carbonyl (C=O) groups is 3. The Hall–Kier alpha value is -4.86. The molecule has 2 aliphatic heterocycles. The van der Waals surface area contributed by atoms with Gasteiger partial charge in [0, 0.05) is 73.2 Å².